The van der Waals surface area contributed by atoms with Gasteiger partial charge in [0.2, 0.25) is 0 Å². The average molecular weight is 206 g/mol. The predicted molar refractivity (Wildman–Crippen MR) is 64.2 cm³/mol. The second-order valence-corrected chi connectivity index (χ2v) is 5.18. The van der Waals surface area contributed by atoms with Crippen molar-refractivity contribution in [3.05, 3.63) is 22.8 Å². The topological polar surface area (TPSA) is 25.8 Å². The van der Waals surface area contributed by atoms with Crippen molar-refractivity contribution in [2.24, 2.45) is 0 Å². The third kappa shape index (κ3) is 2.77. The average Bonchev–Trinajstić information content (AvgIpc) is 2.07. The summed E-state index contributed by atoms with van der Waals surface area (Å²) in [6.07, 6.45) is 2.23. The summed E-state index contributed by atoms with van der Waals surface area (Å²) in [5, 5.41) is 0. The van der Waals surface area contributed by atoms with E-state index in [1.807, 2.05) is 6.92 Å². The minimum Gasteiger partial charge on any atom is -0.238 e. The number of hydrogen-bond donors (Lipinski definition) is 0. The molecule has 0 saturated carbocycles. The van der Waals surface area contributed by atoms with Crippen LogP contribution < -0.4 is 0 Å². The molecule has 2 nitrogen and oxygen atoms in total. The maximum atomic E-state index is 4.61. The Kier molecular flexibility index (Phi) is 3.48. The second-order valence-electron chi connectivity index (χ2n) is 5.18. The van der Waals surface area contributed by atoms with Gasteiger partial charge in [0.15, 0.2) is 0 Å². The SMILES string of the molecule is CCCc1c(C)nc(C)nc1C(C)(C)C. The van der Waals surface area contributed by atoms with Gasteiger partial charge in [0.1, 0.15) is 5.82 Å². The first-order chi connectivity index (χ1) is 6.86. The van der Waals surface area contributed by atoms with Gasteiger partial charge in [-0.1, -0.05) is 34.1 Å². The molecule has 1 rings (SSSR count). The van der Waals surface area contributed by atoms with E-state index in [0.29, 0.717) is 0 Å². The fraction of sp³-hybridized carbons (Fsp3) is 0.692. The van der Waals surface area contributed by atoms with Crippen molar-refractivity contribution in [1.82, 2.24) is 9.97 Å². The lowest BCUT2D eigenvalue weighted by molar-refractivity contribution is 0.552. The van der Waals surface area contributed by atoms with Gasteiger partial charge >= 0.3 is 0 Å². The van der Waals surface area contributed by atoms with E-state index < -0.39 is 0 Å². The molecule has 0 radical (unpaired) electrons. The summed E-state index contributed by atoms with van der Waals surface area (Å²) in [4.78, 5) is 9.07. The molecule has 0 atom stereocenters. The molecule has 0 amide bonds. The van der Waals surface area contributed by atoms with Crippen LogP contribution in [-0.4, -0.2) is 9.97 Å². The summed E-state index contributed by atoms with van der Waals surface area (Å²) in [5.41, 5.74) is 3.82. The number of aromatic nitrogens is 2. The molecule has 0 N–H and O–H groups in total. The third-order valence-electron chi connectivity index (χ3n) is 2.54. The van der Waals surface area contributed by atoms with Gasteiger partial charge in [-0.05, 0) is 25.8 Å². The highest BCUT2D eigenvalue weighted by Crippen LogP contribution is 2.26. The Bertz CT molecular complexity index is 348. The van der Waals surface area contributed by atoms with Gasteiger partial charge in [-0.2, -0.15) is 0 Å². The molecule has 0 saturated heterocycles. The van der Waals surface area contributed by atoms with Crippen molar-refractivity contribution in [3.8, 4) is 0 Å². The van der Waals surface area contributed by atoms with Crippen LogP contribution >= 0.6 is 0 Å². The van der Waals surface area contributed by atoms with Crippen molar-refractivity contribution in [2.45, 2.75) is 59.8 Å². The quantitative estimate of drug-likeness (QED) is 0.741. The summed E-state index contributed by atoms with van der Waals surface area (Å²) >= 11 is 0. The molecule has 0 aliphatic carbocycles. The maximum Gasteiger partial charge on any atom is 0.125 e. The van der Waals surface area contributed by atoms with Gasteiger partial charge in [-0.15, -0.1) is 0 Å². The Labute approximate surface area is 93.2 Å². The molecule has 2 heteroatoms. The molecule has 0 aromatic carbocycles. The maximum absolute atomic E-state index is 4.61. The van der Waals surface area contributed by atoms with Crippen molar-refractivity contribution in [1.29, 1.82) is 0 Å². The number of rotatable bonds is 2. The molecule has 0 fully saturated rings. The molecule has 15 heavy (non-hydrogen) atoms. The van der Waals surface area contributed by atoms with Crippen LogP contribution in [0.2, 0.25) is 0 Å². The first-order valence-electron chi connectivity index (χ1n) is 5.71. The zero-order valence-electron chi connectivity index (χ0n) is 10.8. The van der Waals surface area contributed by atoms with Crippen LogP contribution in [0.1, 0.15) is 56.9 Å². The van der Waals surface area contributed by atoms with Gasteiger partial charge in [0.05, 0.1) is 5.69 Å². The molecule has 1 aromatic heterocycles. The predicted octanol–water partition coefficient (Wildman–Crippen LogP) is 3.34. The van der Waals surface area contributed by atoms with E-state index in [1.54, 1.807) is 0 Å². The largest absolute Gasteiger partial charge is 0.238 e. The van der Waals surface area contributed by atoms with Crippen LogP contribution in [0.3, 0.4) is 0 Å². The Morgan fingerprint density at radius 2 is 1.67 bits per heavy atom. The van der Waals surface area contributed by atoms with E-state index in [0.717, 1.165) is 24.4 Å². The van der Waals surface area contributed by atoms with Crippen LogP contribution in [0.4, 0.5) is 0 Å². The minimum atomic E-state index is 0.114. The lowest BCUT2D eigenvalue weighted by atomic mass is 9.86. The zero-order valence-corrected chi connectivity index (χ0v) is 10.8. The Morgan fingerprint density at radius 1 is 1.07 bits per heavy atom. The van der Waals surface area contributed by atoms with Gasteiger partial charge in [0.25, 0.3) is 0 Å². The molecule has 1 heterocycles. The molecule has 1 aromatic rings. The van der Waals surface area contributed by atoms with Gasteiger partial charge in [-0.25, -0.2) is 9.97 Å². The number of nitrogens with zero attached hydrogens (tertiary/aromatic N) is 2. The first-order valence-corrected chi connectivity index (χ1v) is 5.71. The summed E-state index contributed by atoms with van der Waals surface area (Å²) < 4.78 is 0. The van der Waals surface area contributed by atoms with Crippen LogP contribution in [0.5, 0.6) is 0 Å². The monoisotopic (exact) mass is 206 g/mol. The molecule has 0 aliphatic rings. The third-order valence-corrected chi connectivity index (χ3v) is 2.54. The summed E-state index contributed by atoms with van der Waals surface area (Å²) in [5.74, 6) is 0.886. The van der Waals surface area contributed by atoms with Crippen LogP contribution in [0.25, 0.3) is 0 Å². The second kappa shape index (κ2) is 4.30. The lowest BCUT2D eigenvalue weighted by Crippen LogP contribution is -2.19. The molecule has 0 unspecified atom stereocenters. The lowest BCUT2D eigenvalue weighted by Gasteiger charge is -2.23. The van der Waals surface area contributed by atoms with Crippen molar-refractivity contribution < 1.29 is 0 Å². The zero-order chi connectivity index (χ0) is 11.6. The van der Waals surface area contributed by atoms with E-state index in [4.69, 9.17) is 0 Å². The highest BCUT2D eigenvalue weighted by Gasteiger charge is 2.21. The van der Waals surface area contributed by atoms with Crippen LogP contribution in [0, 0.1) is 13.8 Å². The molecule has 0 bridgehead atoms. The Morgan fingerprint density at radius 3 is 2.13 bits per heavy atom. The van der Waals surface area contributed by atoms with E-state index in [-0.39, 0.29) is 5.41 Å². The summed E-state index contributed by atoms with van der Waals surface area (Å²) in [7, 11) is 0. The number of aryl methyl sites for hydroxylation is 2. The van der Waals surface area contributed by atoms with Crippen molar-refractivity contribution in [3.63, 3.8) is 0 Å². The van der Waals surface area contributed by atoms with E-state index >= 15 is 0 Å². The fourth-order valence-corrected chi connectivity index (χ4v) is 1.91. The van der Waals surface area contributed by atoms with Crippen LogP contribution in [0.15, 0.2) is 0 Å². The summed E-state index contributed by atoms with van der Waals surface area (Å²) in [6, 6.07) is 0. The van der Waals surface area contributed by atoms with Gasteiger partial charge in [-0.3, -0.25) is 0 Å². The highest BCUT2D eigenvalue weighted by molar-refractivity contribution is 5.30. The van der Waals surface area contributed by atoms with Crippen molar-refractivity contribution >= 4 is 0 Å². The molecule has 0 aliphatic heterocycles. The van der Waals surface area contributed by atoms with Crippen molar-refractivity contribution in [2.75, 3.05) is 0 Å². The Hall–Kier alpha value is -0.920. The standard InChI is InChI=1S/C13H22N2/c1-7-8-11-9(2)14-10(3)15-12(11)13(4,5)6/h7-8H2,1-6H3. The normalized spacial score (nSPS) is 11.9. The van der Waals surface area contributed by atoms with Crippen LogP contribution in [-0.2, 0) is 11.8 Å². The van der Waals surface area contributed by atoms with E-state index in [1.165, 1.54) is 11.3 Å². The molecular formula is C13H22N2. The van der Waals surface area contributed by atoms with Gasteiger partial charge < -0.3 is 0 Å². The summed E-state index contributed by atoms with van der Waals surface area (Å²) in [6.45, 7) is 12.9. The minimum absolute atomic E-state index is 0.114. The van der Waals surface area contributed by atoms with Gasteiger partial charge in [0, 0.05) is 11.1 Å². The highest BCUT2D eigenvalue weighted by atomic mass is 14.9. The smallest absolute Gasteiger partial charge is 0.125 e. The number of hydrogen-bond acceptors (Lipinski definition) is 2. The Balaban J connectivity index is 3.33. The first kappa shape index (κ1) is 12.2. The van der Waals surface area contributed by atoms with E-state index in [9.17, 15) is 0 Å². The molecule has 0 spiro atoms. The fourth-order valence-electron chi connectivity index (χ4n) is 1.91. The molecular weight excluding hydrogens is 184 g/mol. The van der Waals surface area contributed by atoms with E-state index in [2.05, 4.69) is 44.6 Å². The molecule has 84 valence electrons.